The third kappa shape index (κ3) is 16.9. The zero-order valence-corrected chi connectivity index (χ0v) is 44.3. The summed E-state index contributed by atoms with van der Waals surface area (Å²) in [5.74, 6) is 6.10. The van der Waals surface area contributed by atoms with Crippen LogP contribution in [0.3, 0.4) is 0 Å². The van der Waals surface area contributed by atoms with E-state index in [1.807, 2.05) is 0 Å². The van der Waals surface area contributed by atoms with Crippen molar-refractivity contribution in [1.82, 2.24) is 0 Å². The lowest BCUT2D eigenvalue weighted by molar-refractivity contribution is 0.499. The van der Waals surface area contributed by atoms with Crippen LogP contribution in [0.15, 0.2) is 182 Å². The molecule has 65 heavy (non-hydrogen) atoms. The average molecular weight is 895 g/mol. The number of hydrogen-bond donors (Lipinski definition) is 0. The molecule has 6 aromatic carbocycles. The molecule has 0 amide bonds. The van der Waals surface area contributed by atoms with Crippen LogP contribution in [0.4, 0.5) is 0 Å². The fourth-order valence-corrected chi connectivity index (χ4v) is 21.1. The van der Waals surface area contributed by atoms with Gasteiger partial charge in [0.15, 0.2) is 0 Å². The normalized spacial score (nSPS) is 14.2. The Morgan fingerprint density at radius 2 is 0.446 bits per heavy atom. The van der Waals surface area contributed by atoms with E-state index in [9.17, 15) is 0 Å². The molecular weight excluding hydrogens is 811 g/mol. The molecule has 0 nitrogen and oxygen atoms in total. The van der Waals surface area contributed by atoms with Gasteiger partial charge in [0, 0.05) is 0 Å². The molecule has 2 heteroatoms. The monoisotopic (exact) mass is 895 g/mol. The van der Waals surface area contributed by atoms with Gasteiger partial charge < -0.3 is 0 Å². The van der Waals surface area contributed by atoms with Crippen molar-refractivity contribution >= 4 is 28.3 Å². The highest BCUT2D eigenvalue weighted by Crippen LogP contribution is 2.41. The van der Waals surface area contributed by atoms with Crippen molar-refractivity contribution in [1.29, 1.82) is 0 Å². The Morgan fingerprint density at radius 1 is 0.262 bits per heavy atom. The van der Waals surface area contributed by atoms with E-state index in [1.54, 1.807) is 16.7 Å². The molecular formula is C63H84Al2. The van der Waals surface area contributed by atoms with Gasteiger partial charge in [-0.15, -0.1) is 0 Å². The predicted molar refractivity (Wildman–Crippen MR) is 291 cm³/mol. The molecule has 0 saturated heterocycles. The van der Waals surface area contributed by atoms with Crippen molar-refractivity contribution in [3.8, 4) is 0 Å². The minimum Gasteiger partial charge on any atom is -0.0870 e. The largest absolute Gasteiger partial charge is 0.263 e. The molecule has 0 saturated carbocycles. The Morgan fingerprint density at radius 3 is 0.631 bits per heavy atom. The smallest absolute Gasteiger partial charge is 0.0870 e. The van der Waals surface area contributed by atoms with Crippen molar-refractivity contribution in [2.75, 3.05) is 0 Å². The molecule has 6 rings (SSSR count). The van der Waals surface area contributed by atoms with Crippen molar-refractivity contribution in [3.05, 3.63) is 215 Å². The van der Waals surface area contributed by atoms with Gasteiger partial charge in [-0.3, -0.25) is 0 Å². The maximum atomic E-state index is 2.43. The summed E-state index contributed by atoms with van der Waals surface area (Å²) < 4.78 is 0. The van der Waals surface area contributed by atoms with E-state index in [0.717, 1.165) is 0 Å². The van der Waals surface area contributed by atoms with Crippen LogP contribution in [-0.2, 0) is 0 Å². The first-order valence-electron chi connectivity index (χ1n) is 25.9. The third-order valence-corrected chi connectivity index (χ3v) is 22.2. The van der Waals surface area contributed by atoms with E-state index in [4.69, 9.17) is 0 Å². The van der Waals surface area contributed by atoms with E-state index in [1.165, 1.54) is 67.6 Å². The van der Waals surface area contributed by atoms with Gasteiger partial charge in [-0.25, -0.2) is 0 Å². The maximum absolute atomic E-state index is 2.43. The summed E-state index contributed by atoms with van der Waals surface area (Å²) in [4.78, 5) is 0. The first-order chi connectivity index (χ1) is 31.6. The van der Waals surface area contributed by atoms with Crippen LogP contribution < -0.4 is 0 Å². The van der Waals surface area contributed by atoms with Gasteiger partial charge in [-0.2, -0.15) is 0 Å². The maximum Gasteiger partial charge on any atom is 0.263 e. The van der Waals surface area contributed by atoms with Crippen LogP contribution >= 0.6 is 0 Å². The second-order valence-electron chi connectivity index (χ2n) is 20.5. The highest BCUT2D eigenvalue weighted by Gasteiger charge is 2.33. The van der Waals surface area contributed by atoms with Gasteiger partial charge in [-0.1, -0.05) is 295 Å². The lowest BCUT2D eigenvalue weighted by atomic mass is 9.89. The molecule has 0 heterocycles. The number of benzene rings is 6. The quantitative estimate of drug-likeness (QED) is 0.0531. The van der Waals surface area contributed by atoms with Crippen LogP contribution in [0.1, 0.15) is 150 Å². The Hall–Kier alpha value is -3.62. The van der Waals surface area contributed by atoms with Gasteiger partial charge in [-0.05, 0) is 86.6 Å². The Bertz CT molecular complexity index is 1840. The predicted octanol–water partition coefficient (Wildman–Crippen LogP) is 18.9. The summed E-state index contributed by atoms with van der Waals surface area (Å²) in [7, 11) is 0. The van der Waals surface area contributed by atoms with Crippen molar-refractivity contribution in [2.45, 2.75) is 149 Å². The average Bonchev–Trinajstić information content (AvgIpc) is 3.35. The minimum atomic E-state index is -1.09. The summed E-state index contributed by atoms with van der Waals surface area (Å²) in [5, 5.41) is 8.46. The van der Waals surface area contributed by atoms with Crippen LogP contribution in [0.5, 0.6) is 0 Å². The lowest BCUT2D eigenvalue weighted by Crippen LogP contribution is -2.27. The van der Waals surface area contributed by atoms with E-state index in [2.05, 4.69) is 244 Å². The molecule has 6 atom stereocenters. The van der Waals surface area contributed by atoms with E-state index in [0.29, 0.717) is 53.3 Å². The van der Waals surface area contributed by atoms with Crippen molar-refractivity contribution in [2.24, 2.45) is 17.8 Å². The van der Waals surface area contributed by atoms with Gasteiger partial charge in [0.05, 0.1) is 0 Å². The van der Waals surface area contributed by atoms with Gasteiger partial charge in [0.25, 0.3) is 28.3 Å². The van der Waals surface area contributed by atoms with E-state index >= 15 is 0 Å². The molecule has 0 aromatic heterocycles. The van der Waals surface area contributed by atoms with Crippen molar-refractivity contribution in [3.63, 3.8) is 0 Å². The molecule has 6 unspecified atom stereocenters. The van der Waals surface area contributed by atoms with Gasteiger partial charge >= 0.3 is 0 Å². The Labute approximate surface area is 407 Å². The number of rotatable bonds is 24. The highest BCUT2D eigenvalue weighted by atomic mass is 27.2. The molecule has 0 aliphatic rings. The number of hydrogen-bond acceptors (Lipinski definition) is 0. The molecule has 0 spiro atoms. The van der Waals surface area contributed by atoms with Crippen LogP contribution in [0.25, 0.3) is 0 Å². The minimum absolute atomic E-state index is 0.657. The fraction of sp³-hybridized carbons (Fsp3) is 0.429. The summed E-state index contributed by atoms with van der Waals surface area (Å²) in [6.45, 7) is 21.7. The second kappa shape index (κ2) is 28.5. The molecule has 0 fully saturated rings. The first-order valence-corrected chi connectivity index (χ1v) is 30.8. The lowest BCUT2D eigenvalue weighted by Gasteiger charge is -2.32. The van der Waals surface area contributed by atoms with Crippen LogP contribution in [0.2, 0.25) is 31.7 Å². The Balaban J connectivity index is 0.000000245. The topological polar surface area (TPSA) is 0 Å². The molecule has 0 aliphatic carbocycles. The standard InChI is InChI=1S/3C11H15.3C10H13.2Al/c3*1-9(2)10(3)11-7-5-4-6-8-11;3*1-3-9(2)10-7-5-4-6-8-10;;/h3*4-10H,3H2,1-2H3;3*4-9H,2-3H2,1H3;;. The highest BCUT2D eigenvalue weighted by molar-refractivity contribution is 6.59. The molecule has 342 valence electrons. The molecule has 6 aromatic rings. The fourth-order valence-electron chi connectivity index (χ4n) is 11.1. The zero-order chi connectivity index (χ0) is 46.4. The van der Waals surface area contributed by atoms with Crippen LogP contribution in [0, 0.1) is 17.8 Å². The zero-order valence-electron chi connectivity index (χ0n) is 42.0. The third-order valence-electron chi connectivity index (χ3n) is 15.0. The first kappa shape index (κ1) is 52.4. The molecule has 0 N–H and O–H groups in total. The molecule has 0 radical (unpaired) electrons. The van der Waals surface area contributed by atoms with E-state index in [-0.39, 0.29) is 0 Å². The van der Waals surface area contributed by atoms with Gasteiger partial charge in [0.1, 0.15) is 0 Å². The summed E-state index contributed by atoms with van der Waals surface area (Å²) in [6.07, 6.45) is 3.74. The van der Waals surface area contributed by atoms with E-state index < -0.39 is 28.3 Å². The molecule has 0 aliphatic heterocycles. The Kier molecular flexibility index (Phi) is 23.0. The summed E-state index contributed by atoms with van der Waals surface area (Å²) in [5.41, 5.74) is 9.25. The van der Waals surface area contributed by atoms with Crippen LogP contribution in [-0.4, -0.2) is 28.3 Å². The molecule has 0 bridgehead atoms. The van der Waals surface area contributed by atoms with Crippen molar-refractivity contribution < 1.29 is 0 Å². The van der Waals surface area contributed by atoms with Gasteiger partial charge in [0.2, 0.25) is 0 Å². The summed E-state index contributed by atoms with van der Waals surface area (Å²) in [6, 6.07) is 67.8. The summed E-state index contributed by atoms with van der Waals surface area (Å²) >= 11 is -2.05. The second-order valence-corrected chi connectivity index (χ2v) is 26.8. The SMILES string of the molecule is CC(C)C([CH2][Al]([CH2]C(c1ccccc1)C(C)C)[CH2]C(c1ccccc1)C(C)C)c1ccccc1.CCC([CH2][Al]([CH2]C(CC)c1ccccc1)[CH2]C(CC)c1ccccc1)c1ccccc1.